The predicted molar refractivity (Wildman–Crippen MR) is 107 cm³/mol. The Morgan fingerprint density at radius 2 is 1.89 bits per heavy atom. The summed E-state index contributed by atoms with van der Waals surface area (Å²) in [6.45, 7) is 2.64. The van der Waals surface area contributed by atoms with E-state index in [1.54, 1.807) is 26.4 Å². The van der Waals surface area contributed by atoms with Gasteiger partial charge in [-0.2, -0.15) is 0 Å². The molecule has 0 bridgehead atoms. The van der Waals surface area contributed by atoms with Gasteiger partial charge < -0.3 is 20.5 Å². The summed E-state index contributed by atoms with van der Waals surface area (Å²) in [4.78, 5) is 24.7. The zero-order valence-corrected chi connectivity index (χ0v) is 16.2. The number of fused-ring (bicyclic) bond motifs is 1. The molecule has 0 spiro atoms. The van der Waals surface area contributed by atoms with Gasteiger partial charge in [-0.05, 0) is 53.8 Å². The van der Waals surface area contributed by atoms with Crippen LogP contribution in [-0.2, 0) is 24.2 Å². The average Bonchev–Trinajstić information content (AvgIpc) is 2.71. The van der Waals surface area contributed by atoms with E-state index in [1.807, 2.05) is 12.1 Å². The molecule has 148 valence electrons. The van der Waals surface area contributed by atoms with Crippen LogP contribution >= 0.6 is 0 Å². The van der Waals surface area contributed by atoms with Crippen molar-refractivity contribution in [1.82, 2.24) is 4.90 Å². The van der Waals surface area contributed by atoms with E-state index in [0.717, 1.165) is 49.5 Å². The number of methoxy groups -OCH3 is 2. The van der Waals surface area contributed by atoms with Crippen molar-refractivity contribution in [3.05, 3.63) is 52.6 Å². The fraction of sp³-hybridized carbons (Fsp3) is 0.333. The van der Waals surface area contributed by atoms with Crippen molar-refractivity contribution >= 4 is 18.0 Å². The number of nitrogens with two attached hydrogens (primary N) is 1. The second-order valence-electron chi connectivity index (χ2n) is 6.76. The van der Waals surface area contributed by atoms with Gasteiger partial charge >= 0.3 is 0 Å². The molecule has 2 aromatic carbocycles. The lowest BCUT2D eigenvalue weighted by atomic mass is 9.98. The van der Waals surface area contributed by atoms with E-state index in [2.05, 4.69) is 16.3 Å². The lowest BCUT2D eigenvalue weighted by molar-refractivity contribution is -0.105. The molecule has 0 aliphatic carbocycles. The van der Waals surface area contributed by atoms with Gasteiger partial charge in [0.25, 0.3) is 5.91 Å². The smallest absolute Gasteiger partial charge is 0.250 e. The Balaban J connectivity index is 1.69. The Labute approximate surface area is 164 Å². The summed E-state index contributed by atoms with van der Waals surface area (Å²) < 4.78 is 10.8. The molecule has 1 aliphatic rings. The van der Waals surface area contributed by atoms with E-state index < -0.39 is 5.91 Å². The minimum Gasteiger partial charge on any atom is -0.493 e. The second kappa shape index (κ2) is 8.75. The highest BCUT2D eigenvalue weighted by molar-refractivity contribution is 6.00. The van der Waals surface area contributed by atoms with Crippen LogP contribution in [0.25, 0.3) is 0 Å². The number of amides is 2. The van der Waals surface area contributed by atoms with Gasteiger partial charge in [0, 0.05) is 19.6 Å². The van der Waals surface area contributed by atoms with Crippen molar-refractivity contribution in [3.63, 3.8) is 0 Å². The van der Waals surface area contributed by atoms with Crippen molar-refractivity contribution < 1.29 is 19.1 Å². The standard InChI is InChI=1S/C21H25N3O4/c1-27-19-10-15-6-8-24(12-16(15)11-20(19)28-2)7-5-14-3-4-18(23-13-25)17(9-14)21(22)26/h3-4,9-11,13H,5-8,12H2,1-2H3,(H2,22,26)(H,23,25). The Morgan fingerprint density at radius 3 is 2.54 bits per heavy atom. The van der Waals surface area contributed by atoms with Crippen molar-refractivity contribution in [3.8, 4) is 11.5 Å². The van der Waals surface area contributed by atoms with Crippen LogP contribution in [0.2, 0.25) is 0 Å². The largest absolute Gasteiger partial charge is 0.493 e. The molecule has 7 nitrogen and oxygen atoms in total. The molecule has 1 heterocycles. The van der Waals surface area contributed by atoms with Crippen molar-refractivity contribution in [2.24, 2.45) is 5.73 Å². The first-order valence-electron chi connectivity index (χ1n) is 9.14. The summed E-state index contributed by atoms with van der Waals surface area (Å²) in [6.07, 6.45) is 2.27. The van der Waals surface area contributed by atoms with Crippen molar-refractivity contribution in [1.29, 1.82) is 0 Å². The van der Waals surface area contributed by atoms with Gasteiger partial charge in [0.2, 0.25) is 6.41 Å². The van der Waals surface area contributed by atoms with E-state index >= 15 is 0 Å². The number of nitrogens with zero attached hydrogens (tertiary/aromatic N) is 1. The molecule has 0 saturated carbocycles. The predicted octanol–water partition coefficient (Wildman–Crippen LogP) is 1.97. The Bertz CT molecular complexity index is 882. The number of carbonyl (C=O) groups is 2. The van der Waals surface area contributed by atoms with Crippen LogP contribution in [0, 0.1) is 0 Å². The quantitative estimate of drug-likeness (QED) is 0.680. The van der Waals surface area contributed by atoms with Gasteiger partial charge in [0.15, 0.2) is 11.5 Å². The summed E-state index contributed by atoms with van der Waals surface area (Å²) in [6, 6.07) is 9.48. The lowest BCUT2D eigenvalue weighted by Gasteiger charge is -2.29. The third-order valence-electron chi connectivity index (χ3n) is 5.08. The molecule has 0 unspecified atom stereocenters. The minimum atomic E-state index is -0.556. The van der Waals surface area contributed by atoms with E-state index in [4.69, 9.17) is 15.2 Å². The van der Waals surface area contributed by atoms with Crippen LogP contribution in [0.4, 0.5) is 5.69 Å². The zero-order valence-electron chi connectivity index (χ0n) is 16.2. The average molecular weight is 383 g/mol. The number of ether oxygens (including phenoxy) is 2. The number of anilines is 1. The molecule has 0 atom stereocenters. The van der Waals surface area contributed by atoms with Gasteiger partial charge in [-0.1, -0.05) is 6.07 Å². The first-order chi connectivity index (χ1) is 13.5. The highest BCUT2D eigenvalue weighted by Gasteiger charge is 2.19. The normalized spacial score (nSPS) is 13.5. The molecule has 1 aliphatic heterocycles. The molecular weight excluding hydrogens is 358 g/mol. The number of primary amides is 1. The third kappa shape index (κ3) is 4.26. The summed E-state index contributed by atoms with van der Waals surface area (Å²) in [7, 11) is 3.29. The highest BCUT2D eigenvalue weighted by Crippen LogP contribution is 2.33. The molecule has 0 radical (unpaired) electrons. The molecule has 3 rings (SSSR count). The Morgan fingerprint density at radius 1 is 1.18 bits per heavy atom. The van der Waals surface area contributed by atoms with Crippen LogP contribution in [0.3, 0.4) is 0 Å². The molecule has 3 N–H and O–H groups in total. The van der Waals surface area contributed by atoms with Gasteiger partial charge in [0.05, 0.1) is 25.5 Å². The SMILES string of the molecule is COc1cc2c(cc1OC)CN(CCc1ccc(NC=O)c(C(N)=O)c1)CC2. The van der Waals surface area contributed by atoms with Crippen LogP contribution in [0.5, 0.6) is 11.5 Å². The monoisotopic (exact) mass is 383 g/mol. The minimum absolute atomic E-state index is 0.324. The number of carbonyl (C=O) groups excluding carboxylic acids is 2. The summed E-state index contributed by atoms with van der Waals surface area (Å²) >= 11 is 0. The number of hydrogen-bond donors (Lipinski definition) is 2. The molecule has 7 heteroatoms. The molecular formula is C21H25N3O4. The highest BCUT2D eigenvalue weighted by atomic mass is 16.5. The van der Waals surface area contributed by atoms with E-state index in [0.29, 0.717) is 17.7 Å². The summed E-state index contributed by atoms with van der Waals surface area (Å²) in [5.41, 5.74) is 9.72. The van der Waals surface area contributed by atoms with Crippen molar-refractivity contribution in [2.45, 2.75) is 19.4 Å². The van der Waals surface area contributed by atoms with Crippen LogP contribution < -0.4 is 20.5 Å². The van der Waals surface area contributed by atoms with Crippen molar-refractivity contribution in [2.75, 3.05) is 32.6 Å². The van der Waals surface area contributed by atoms with E-state index in [1.165, 1.54) is 11.1 Å². The topological polar surface area (TPSA) is 93.9 Å². The van der Waals surface area contributed by atoms with Crippen LogP contribution in [0.1, 0.15) is 27.0 Å². The van der Waals surface area contributed by atoms with Gasteiger partial charge in [-0.3, -0.25) is 14.5 Å². The second-order valence-corrected chi connectivity index (χ2v) is 6.76. The maximum absolute atomic E-state index is 11.6. The van der Waals surface area contributed by atoms with E-state index in [-0.39, 0.29) is 0 Å². The maximum atomic E-state index is 11.6. The Hall–Kier alpha value is -3.06. The number of benzene rings is 2. The van der Waals surface area contributed by atoms with Gasteiger partial charge in [-0.15, -0.1) is 0 Å². The molecule has 0 fully saturated rings. The lowest BCUT2D eigenvalue weighted by Crippen LogP contribution is -2.32. The molecule has 2 aromatic rings. The molecule has 0 aromatic heterocycles. The zero-order chi connectivity index (χ0) is 20.1. The van der Waals surface area contributed by atoms with Gasteiger partial charge in [-0.25, -0.2) is 0 Å². The fourth-order valence-corrected chi connectivity index (χ4v) is 3.56. The van der Waals surface area contributed by atoms with E-state index in [9.17, 15) is 9.59 Å². The number of hydrogen-bond acceptors (Lipinski definition) is 5. The summed E-state index contributed by atoms with van der Waals surface area (Å²) in [5, 5.41) is 2.51. The summed E-state index contributed by atoms with van der Waals surface area (Å²) in [5.74, 6) is 0.948. The van der Waals surface area contributed by atoms with Crippen LogP contribution in [0.15, 0.2) is 30.3 Å². The first-order valence-corrected chi connectivity index (χ1v) is 9.14. The van der Waals surface area contributed by atoms with Crippen LogP contribution in [-0.4, -0.2) is 44.5 Å². The first kappa shape index (κ1) is 19.7. The molecule has 2 amide bonds. The maximum Gasteiger partial charge on any atom is 0.250 e. The van der Waals surface area contributed by atoms with Gasteiger partial charge in [0.1, 0.15) is 0 Å². The number of rotatable bonds is 8. The molecule has 28 heavy (non-hydrogen) atoms. The number of nitrogens with one attached hydrogen (secondary N) is 1. The fourth-order valence-electron chi connectivity index (χ4n) is 3.56. The molecule has 0 saturated heterocycles. The third-order valence-corrected chi connectivity index (χ3v) is 5.08. The Kier molecular flexibility index (Phi) is 6.16.